The van der Waals surface area contributed by atoms with Gasteiger partial charge in [0.25, 0.3) is 5.91 Å². The van der Waals surface area contributed by atoms with Crippen LogP contribution in [-0.2, 0) is 0 Å². The van der Waals surface area contributed by atoms with Crippen molar-refractivity contribution in [3.63, 3.8) is 0 Å². The van der Waals surface area contributed by atoms with E-state index in [0.29, 0.717) is 5.69 Å². The Balaban J connectivity index is 2.29. The summed E-state index contributed by atoms with van der Waals surface area (Å²) in [5.74, 6) is -0.232. The van der Waals surface area contributed by atoms with Crippen LogP contribution in [0.2, 0.25) is 0 Å². The van der Waals surface area contributed by atoms with E-state index in [4.69, 9.17) is 5.11 Å². The molecule has 2 aromatic heterocycles. The van der Waals surface area contributed by atoms with E-state index >= 15 is 0 Å². The number of carbonyl (C=O) groups is 1. The third-order valence-corrected chi connectivity index (χ3v) is 2.44. The largest absolute Gasteiger partial charge is 0.392 e. The van der Waals surface area contributed by atoms with Crippen LogP contribution in [0.5, 0.6) is 0 Å². The van der Waals surface area contributed by atoms with E-state index in [1.54, 1.807) is 11.3 Å². The number of nitrogens with one attached hydrogen (secondary N) is 1. The van der Waals surface area contributed by atoms with Gasteiger partial charge in [-0.1, -0.05) is 6.07 Å². The van der Waals surface area contributed by atoms with Crippen LogP contribution in [0, 0.1) is 6.92 Å². The van der Waals surface area contributed by atoms with Crippen molar-refractivity contribution in [2.45, 2.75) is 20.0 Å². The standard InChI is InChI=1S/C12H15N3O2/c1-8-3-4-11-13-6-10(15(11)7-8)12(17)14-5-9(2)16/h3-4,6-7,9,16H,5H2,1-2H3,(H,14,17). The van der Waals surface area contributed by atoms with Gasteiger partial charge < -0.3 is 10.4 Å². The van der Waals surface area contributed by atoms with Gasteiger partial charge >= 0.3 is 0 Å². The zero-order valence-corrected chi connectivity index (χ0v) is 9.84. The Labute approximate surface area is 99.1 Å². The molecular formula is C12H15N3O2. The fourth-order valence-electron chi connectivity index (χ4n) is 1.59. The van der Waals surface area contributed by atoms with E-state index in [2.05, 4.69) is 10.3 Å². The van der Waals surface area contributed by atoms with Crippen molar-refractivity contribution in [2.24, 2.45) is 0 Å². The summed E-state index contributed by atoms with van der Waals surface area (Å²) < 4.78 is 1.74. The van der Waals surface area contributed by atoms with Crippen LogP contribution in [-0.4, -0.2) is 33.0 Å². The molecule has 0 aliphatic heterocycles. The molecule has 2 N–H and O–H groups in total. The summed E-state index contributed by atoms with van der Waals surface area (Å²) in [5, 5.41) is 11.8. The first kappa shape index (κ1) is 11.6. The number of hydrogen-bond acceptors (Lipinski definition) is 3. The summed E-state index contributed by atoms with van der Waals surface area (Å²) in [4.78, 5) is 16.0. The van der Waals surface area contributed by atoms with Gasteiger partial charge in [-0.3, -0.25) is 9.20 Å². The Bertz CT molecular complexity index is 546. The monoisotopic (exact) mass is 233 g/mol. The number of carbonyl (C=O) groups excluding carboxylic acids is 1. The molecule has 0 bridgehead atoms. The quantitative estimate of drug-likeness (QED) is 0.822. The minimum atomic E-state index is -0.556. The van der Waals surface area contributed by atoms with E-state index in [9.17, 15) is 4.79 Å². The predicted octanol–water partition coefficient (Wildman–Crippen LogP) is 0.753. The van der Waals surface area contributed by atoms with Gasteiger partial charge in [-0.05, 0) is 25.5 Å². The number of amides is 1. The number of rotatable bonds is 3. The van der Waals surface area contributed by atoms with Gasteiger partial charge in [0.05, 0.1) is 12.3 Å². The van der Waals surface area contributed by atoms with Gasteiger partial charge in [-0.15, -0.1) is 0 Å². The van der Waals surface area contributed by atoms with Crippen LogP contribution in [0.3, 0.4) is 0 Å². The molecule has 0 saturated carbocycles. The minimum absolute atomic E-state index is 0.232. The molecule has 0 aliphatic rings. The fraction of sp³-hybridized carbons (Fsp3) is 0.333. The Kier molecular flexibility index (Phi) is 3.10. The van der Waals surface area contributed by atoms with Crippen LogP contribution >= 0.6 is 0 Å². The summed E-state index contributed by atoms with van der Waals surface area (Å²) in [7, 11) is 0. The van der Waals surface area contributed by atoms with Crippen molar-refractivity contribution in [1.29, 1.82) is 0 Å². The average molecular weight is 233 g/mol. The van der Waals surface area contributed by atoms with E-state index < -0.39 is 6.10 Å². The third-order valence-electron chi connectivity index (χ3n) is 2.44. The van der Waals surface area contributed by atoms with Crippen LogP contribution < -0.4 is 5.32 Å². The van der Waals surface area contributed by atoms with Crippen molar-refractivity contribution >= 4 is 11.6 Å². The molecule has 0 saturated heterocycles. The molecular weight excluding hydrogens is 218 g/mol. The summed E-state index contributed by atoms with van der Waals surface area (Å²) in [6.45, 7) is 3.81. The minimum Gasteiger partial charge on any atom is -0.392 e. The number of fused-ring (bicyclic) bond motifs is 1. The van der Waals surface area contributed by atoms with Gasteiger partial charge in [0.15, 0.2) is 0 Å². The second-order valence-corrected chi connectivity index (χ2v) is 4.14. The van der Waals surface area contributed by atoms with Crippen molar-refractivity contribution in [3.05, 3.63) is 35.8 Å². The molecule has 5 heteroatoms. The van der Waals surface area contributed by atoms with Gasteiger partial charge in [-0.2, -0.15) is 0 Å². The van der Waals surface area contributed by atoms with Crippen LogP contribution in [0.25, 0.3) is 5.65 Å². The van der Waals surface area contributed by atoms with Gasteiger partial charge in [-0.25, -0.2) is 4.98 Å². The molecule has 1 atom stereocenters. The first-order chi connectivity index (χ1) is 8.08. The molecule has 90 valence electrons. The highest BCUT2D eigenvalue weighted by Gasteiger charge is 2.12. The molecule has 1 amide bonds. The number of aromatic nitrogens is 2. The molecule has 0 aliphatic carbocycles. The number of pyridine rings is 1. The first-order valence-electron chi connectivity index (χ1n) is 5.48. The summed E-state index contributed by atoms with van der Waals surface area (Å²) >= 11 is 0. The van der Waals surface area contributed by atoms with Gasteiger partial charge in [0.1, 0.15) is 11.3 Å². The lowest BCUT2D eigenvalue weighted by Crippen LogP contribution is -2.31. The van der Waals surface area contributed by atoms with Crippen molar-refractivity contribution in [1.82, 2.24) is 14.7 Å². The van der Waals surface area contributed by atoms with Crippen molar-refractivity contribution in [3.8, 4) is 0 Å². The molecule has 2 aromatic rings. The van der Waals surface area contributed by atoms with E-state index in [1.807, 2.05) is 25.3 Å². The Morgan fingerprint density at radius 1 is 1.59 bits per heavy atom. The molecule has 0 aromatic carbocycles. The molecule has 2 rings (SSSR count). The molecule has 0 fully saturated rings. The zero-order chi connectivity index (χ0) is 12.4. The zero-order valence-electron chi connectivity index (χ0n) is 9.84. The average Bonchev–Trinajstić information content (AvgIpc) is 2.68. The molecule has 0 spiro atoms. The normalized spacial score (nSPS) is 12.6. The molecule has 1 unspecified atom stereocenters. The van der Waals surface area contributed by atoms with E-state index in [0.717, 1.165) is 11.2 Å². The topological polar surface area (TPSA) is 66.6 Å². The number of aryl methyl sites for hydroxylation is 1. The lowest BCUT2D eigenvalue weighted by molar-refractivity contribution is 0.0918. The second-order valence-electron chi connectivity index (χ2n) is 4.14. The Hall–Kier alpha value is -1.88. The Morgan fingerprint density at radius 2 is 2.35 bits per heavy atom. The first-order valence-corrected chi connectivity index (χ1v) is 5.48. The second kappa shape index (κ2) is 4.55. The summed E-state index contributed by atoms with van der Waals surface area (Å²) in [5.41, 5.74) is 2.27. The maximum Gasteiger partial charge on any atom is 0.270 e. The number of hydrogen-bond donors (Lipinski definition) is 2. The number of imidazole rings is 1. The third kappa shape index (κ3) is 2.45. The molecule has 5 nitrogen and oxygen atoms in total. The maximum absolute atomic E-state index is 11.9. The molecule has 0 radical (unpaired) electrons. The summed E-state index contributed by atoms with van der Waals surface area (Å²) in [6.07, 6.45) is 2.84. The summed E-state index contributed by atoms with van der Waals surface area (Å²) in [6, 6.07) is 3.81. The highest BCUT2D eigenvalue weighted by molar-refractivity contribution is 5.93. The number of aliphatic hydroxyl groups excluding tert-OH is 1. The number of aliphatic hydroxyl groups is 1. The van der Waals surface area contributed by atoms with Crippen LogP contribution in [0.15, 0.2) is 24.5 Å². The van der Waals surface area contributed by atoms with Crippen molar-refractivity contribution < 1.29 is 9.90 Å². The Morgan fingerprint density at radius 3 is 3.06 bits per heavy atom. The van der Waals surface area contributed by atoms with Crippen molar-refractivity contribution in [2.75, 3.05) is 6.54 Å². The van der Waals surface area contributed by atoms with Gasteiger partial charge in [0, 0.05) is 12.7 Å². The highest BCUT2D eigenvalue weighted by atomic mass is 16.3. The smallest absolute Gasteiger partial charge is 0.270 e. The van der Waals surface area contributed by atoms with E-state index in [1.165, 1.54) is 6.20 Å². The fourth-order valence-corrected chi connectivity index (χ4v) is 1.59. The van der Waals surface area contributed by atoms with Crippen LogP contribution in [0.1, 0.15) is 23.0 Å². The van der Waals surface area contributed by atoms with Gasteiger partial charge in [0.2, 0.25) is 0 Å². The molecule has 17 heavy (non-hydrogen) atoms. The predicted molar refractivity (Wildman–Crippen MR) is 63.9 cm³/mol. The molecule has 2 heterocycles. The van der Waals surface area contributed by atoms with Crippen LogP contribution in [0.4, 0.5) is 0 Å². The highest BCUT2D eigenvalue weighted by Crippen LogP contribution is 2.08. The maximum atomic E-state index is 11.9. The lowest BCUT2D eigenvalue weighted by atomic mass is 10.3. The SMILES string of the molecule is Cc1ccc2ncc(C(=O)NCC(C)O)n2c1. The van der Waals surface area contributed by atoms with E-state index in [-0.39, 0.29) is 12.5 Å². The lowest BCUT2D eigenvalue weighted by Gasteiger charge is -2.06. The number of nitrogens with zero attached hydrogens (tertiary/aromatic N) is 2.